The summed E-state index contributed by atoms with van der Waals surface area (Å²) >= 11 is 0. The first-order chi connectivity index (χ1) is 6.96. The van der Waals surface area contributed by atoms with Gasteiger partial charge in [-0.25, -0.2) is 0 Å². The van der Waals surface area contributed by atoms with E-state index in [0.29, 0.717) is 12.3 Å². The van der Waals surface area contributed by atoms with Crippen molar-refractivity contribution in [3.63, 3.8) is 0 Å². The maximum absolute atomic E-state index is 9.77. The number of anilines is 1. The largest absolute Gasteiger partial charge is 0.390 e. The summed E-state index contributed by atoms with van der Waals surface area (Å²) in [5.41, 5.74) is 3.24. The van der Waals surface area contributed by atoms with Gasteiger partial charge in [0, 0.05) is 24.6 Å². The van der Waals surface area contributed by atoms with Crippen LogP contribution in [0.15, 0.2) is 18.2 Å². The van der Waals surface area contributed by atoms with Crippen LogP contribution in [0.3, 0.4) is 0 Å². The Labute approximate surface area is 91.3 Å². The van der Waals surface area contributed by atoms with Crippen molar-refractivity contribution in [1.29, 1.82) is 0 Å². The Morgan fingerprint density at radius 2 is 2.20 bits per heavy atom. The van der Waals surface area contributed by atoms with E-state index in [1.54, 1.807) is 0 Å². The van der Waals surface area contributed by atoms with Crippen LogP contribution in [0.1, 0.15) is 37.8 Å². The van der Waals surface area contributed by atoms with Gasteiger partial charge in [0.1, 0.15) is 0 Å². The smallest absolute Gasteiger partial charge is 0.0631 e. The van der Waals surface area contributed by atoms with Crippen molar-refractivity contribution in [2.75, 3.05) is 11.9 Å². The van der Waals surface area contributed by atoms with Gasteiger partial charge < -0.3 is 10.4 Å². The van der Waals surface area contributed by atoms with Crippen molar-refractivity contribution in [3.8, 4) is 0 Å². The van der Waals surface area contributed by atoms with E-state index < -0.39 is 5.60 Å². The lowest BCUT2D eigenvalue weighted by molar-refractivity contribution is 0.0810. The number of fused-ring (bicyclic) bond motifs is 1. The molecular weight excluding hydrogens is 186 g/mol. The second kappa shape index (κ2) is 3.53. The zero-order valence-electron chi connectivity index (χ0n) is 9.67. The van der Waals surface area contributed by atoms with Crippen LogP contribution in [0.4, 0.5) is 5.69 Å². The van der Waals surface area contributed by atoms with E-state index in [4.69, 9.17) is 0 Å². The molecule has 2 nitrogen and oxygen atoms in total. The molecule has 0 saturated heterocycles. The van der Waals surface area contributed by atoms with Gasteiger partial charge in [0.05, 0.1) is 5.60 Å². The summed E-state index contributed by atoms with van der Waals surface area (Å²) in [6, 6.07) is 6.44. The molecule has 0 amide bonds. The lowest BCUT2D eigenvalue weighted by atomic mass is 9.94. The number of nitrogens with one attached hydrogen (secondary N) is 1. The van der Waals surface area contributed by atoms with Crippen molar-refractivity contribution in [2.24, 2.45) is 0 Å². The molecule has 2 heteroatoms. The predicted molar refractivity (Wildman–Crippen MR) is 63.3 cm³/mol. The first-order valence-electron chi connectivity index (χ1n) is 5.55. The average Bonchev–Trinajstić information content (AvgIpc) is 2.45. The number of rotatable bonds is 2. The topological polar surface area (TPSA) is 32.3 Å². The Hall–Kier alpha value is -1.02. The van der Waals surface area contributed by atoms with E-state index in [0.717, 1.165) is 6.54 Å². The van der Waals surface area contributed by atoms with Gasteiger partial charge in [0.15, 0.2) is 0 Å². The summed E-state index contributed by atoms with van der Waals surface area (Å²) in [7, 11) is 0. The number of hydrogen-bond donors (Lipinski definition) is 2. The minimum Gasteiger partial charge on any atom is -0.390 e. The van der Waals surface area contributed by atoms with E-state index in [2.05, 4.69) is 30.4 Å². The van der Waals surface area contributed by atoms with Gasteiger partial charge in [-0.05, 0) is 31.0 Å². The van der Waals surface area contributed by atoms with Crippen molar-refractivity contribution < 1.29 is 5.11 Å². The Balaban J connectivity index is 2.26. The molecule has 1 aliphatic rings. The minimum atomic E-state index is -0.622. The van der Waals surface area contributed by atoms with Crippen LogP contribution >= 0.6 is 0 Å². The molecule has 1 atom stereocenters. The fourth-order valence-corrected chi connectivity index (χ4v) is 2.16. The average molecular weight is 205 g/mol. The van der Waals surface area contributed by atoms with E-state index in [1.807, 2.05) is 13.8 Å². The van der Waals surface area contributed by atoms with Crippen LogP contribution in [0.25, 0.3) is 0 Å². The van der Waals surface area contributed by atoms with E-state index in [1.165, 1.54) is 16.8 Å². The first kappa shape index (κ1) is 10.5. The second-order valence-electron chi connectivity index (χ2n) is 5.19. The third-order valence-corrected chi connectivity index (χ3v) is 2.88. The highest BCUT2D eigenvalue weighted by Gasteiger charge is 2.20. The Morgan fingerprint density at radius 3 is 2.87 bits per heavy atom. The molecule has 0 bridgehead atoms. The van der Waals surface area contributed by atoms with Gasteiger partial charge in [0.2, 0.25) is 0 Å². The summed E-state index contributed by atoms with van der Waals surface area (Å²) in [4.78, 5) is 0. The van der Waals surface area contributed by atoms with Crippen molar-refractivity contribution in [3.05, 3.63) is 29.3 Å². The highest BCUT2D eigenvalue weighted by molar-refractivity contribution is 5.58. The van der Waals surface area contributed by atoms with Crippen LogP contribution in [0, 0.1) is 0 Å². The van der Waals surface area contributed by atoms with Crippen LogP contribution in [-0.2, 0) is 6.42 Å². The number of hydrogen-bond acceptors (Lipinski definition) is 2. The molecule has 1 aromatic rings. The molecule has 1 unspecified atom stereocenters. The SMILES string of the molecule is CC1CNc2ccc(CC(C)(C)O)cc21. The number of benzene rings is 1. The fourth-order valence-electron chi connectivity index (χ4n) is 2.16. The van der Waals surface area contributed by atoms with Crippen molar-refractivity contribution in [1.82, 2.24) is 0 Å². The normalized spacial score (nSPS) is 19.9. The van der Waals surface area contributed by atoms with Crippen molar-refractivity contribution >= 4 is 5.69 Å². The summed E-state index contributed by atoms with van der Waals surface area (Å²) in [5.74, 6) is 0.585. The van der Waals surface area contributed by atoms with Crippen molar-refractivity contribution in [2.45, 2.75) is 38.7 Å². The molecule has 1 aromatic carbocycles. The Bertz CT molecular complexity index is 365. The monoisotopic (exact) mass is 205 g/mol. The van der Waals surface area contributed by atoms with Crippen LogP contribution < -0.4 is 5.32 Å². The van der Waals surface area contributed by atoms with Gasteiger partial charge >= 0.3 is 0 Å². The maximum Gasteiger partial charge on any atom is 0.0631 e. The Kier molecular flexibility index (Phi) is 2.47. The molecule has 0 aromatic heterocycles. The molecule has 82 valence electrons. The molecule has 0 saturated carbocycles. The summed E-state index contributed by atoms with van der Waals surface area (Å²) in [6.07, 6.45) is 0.715. The maximum atomic E-state index is 9.77. The van der Waals surface area contributed by atoms with Gasteiger partial charge in [-0.1, -0.05) is 19.1 Å². The molecule has 2 rings (SSSR count). The fraction of sp³-hybridized carbons (Fsp3) is 0.538. The standard InChI is InChI=1S/C13H19NO/c1-9-8-14-12-5-4-10(6-11(9)12)7-13(2,3)15/h4-6,9,14-15H,7-8H2,1-3H3. The Morgan fingerprint density at radius 1 is 1.47 bits per heavy atom. The lowest BCUT2D eigenvalue weighted by Gasteiger charge is -2.17. The van der Waals surface area contributed by atoms with Crippen LogP contribution in [0.5, 0.6) is 0 Å². The molecule has 0 radical (unpaired) electrons. The van der Waals surface area contributed by atoms with Gasteiger partial charge in [0.25, 0.3) is 0 Å². The summed E-state index contributed by atoms with van der Waals surface area (Å²) in [6.45, 7) is 6.96. The highest BCUT2D eigenvalue weighted by atomic mass is 16.3. The molecule has 1 aliphatic heterocycles. The second-order valence-corrected chi connectivity index (χ2v) is 5.19. The van der Waals surface area contributed by atoms with Gasteiger partial charge in [-0.2, -0.15) is 0 Å². The van der Waals surface area contributed by atoms with E-state index >= 15 is 0 Å². The lowest BCUT2D eigenvalue weighted by Crippen LogP contribution is -2.21. The summed E-state index contributed by atoms with van der Waals surface area (Å²) in [5, 5.41) is 13.1. The molecule has 0 aliphatic carbocycles. The zero-order chi connectivity index (χ0) is 11.1. The zero-order valence-corrected chi connectivity index (χ0v) is 9.67. The molecule has 0 fully saturated rings. The molecular formula is C13H19NO. The van der Waals surface area contributed by atoms with Gasteiger partial charge in [-0.15, -0.1) is 0 Å². The quantitative estimate of drug-likeness (QED) is 0.777. The molecule has 2 N–H and O–H groups in total. The third kappa shape index (κ3) is 2.32. The summed E-state index contributed by atoms with van der Waals surface area (Å²) < 4.78 is 0. The predicted octanol–water partition coefficient (Wildman–Crippen LogP) is 2.53. The van der Waals surface area contributed by atoms with Crippen LogP contribution in [0.2, 0.25) is 0 Å². The highest BCUT2D eigenvalue weighted by Crippen LogP contribution is 2.32. The van der Waals surface area contributed by atoms with E-state index in [-0.39, 0.29) is 0 Å². The third-order valence-electron chi connectivity index (χ3n) is 2.88. The minimum absolute atomic E-state index is 0.585. The molecule has 15 heavy (non-hydrogen) atoms. The first-order valence-corrected chi connectivity index (χ1v) is 5.55. The molecule has 0 spiro atoms. The van der Waals surface area contributed by atoms with Gasteiger partial charge in [-0.3, -0.25) is 0 Å². The number of aliphatic hydroxyl groups is 1. The van der Waals surface area contributed by atoms with E-state index in [9.17, 15) is 5.11 Å². The van der Waals surface area contributed by atoms with Crippen LogP contribution in [-0.4, -0.2) is 17.3 Å². The molecule has 1 heterocycles.